The van der Waals surface area contributed by atoms with Crippen LogP contribution < -0.4 is 5.32 Å². The Hall–Kier alpha value is -1.19. The highest BCUT2D eigenvalue weighted by molar-refractivity contribution is 7.09. The highest BCUT2D eigenvalue weighted by Crippen LogP contribution is 2.15. The van der Waals surface area contributed by atoms with Gasteiger partial charge in [-0.05, 0) is 36.1 Å². The molecule has 1 N–H and O–H groups in total. The van der Waals surface area contributed by atoms with Gasteiger partial charge in [-0.2, -0.15) is 0 Å². The largest absolute Gasteiger partial charge is 0.305 e. The first-order valence-electron chi connectivity index (χ1n) is 5.27. The maximum Gasteiger partial charge on any atom is 0.123 e. The quantitative estimate of drug-likeness (QED) is 0.851. The van der Waals surface area contributed by atoms with Crippen molar-refractivity contribution >= 4 is 11.3 Å². The zero-order valence-electron chi connectivity index (χ0n) is 9.11. The van der Waals surface area contributed by atoms with Crippen LogP contribution in [0.4, 0.5) is 4.39 Å². The van der Waals surface area contributed by atoms with Crippen molar-refractivity contribution in [1.82, 2.24) is 5.32 Å². The van der Waals surface area contributed by atoms with Crippen molar-refractivity contribution in [2.75, 3.05) is 0 Å². The van der Waals surface area contributed by atoms with Gasteiger partial charge in [0.2, 0.25) is 0 Å². The van der Waals surface area contributed by atoms with Gasteiger partial charge in [-0.3, -0.25) is 0 Å². The van der Waals surface area contributed by atoms with E-state index in [2.05, 4.69) is 23.7 Å². The third-order valence-corrected chi connectivity index (χ3v) is 3.41. The van der Waals surface area contributed by atoms with E-state index in [1.807, 2.05) is 18.2 Å². The van der Waals surface area contributed by atoms with Crippen LogP contribution in [0.25, 0.3) is 0 Å². The first kappa shape index (κ1) is 11.3. The molecule has 0 saturated carbocycles. The summed E-state index contributed by atoms with van der Waals surface area (Å²) in [6.07, 6.45) is 0. The molecule has 16 heavy (non-hydrogen) atoms. The average molecular weight is 235 g/mol. The van der Waals surface area contributed by atoms with Crippen LogP contribution in [0.15, 0.2) is 41.8 Å². The molecule has 1 aromatic heterocycles. The zero-order valence-corrected chi connectivity index (χ0v) is 9.93. The van der Waals surface area contributed by atoms with Crippen LogP contribution in [0.1, 0.15) is 23.4 Å². The first-order chi connectivity index (χ1) is 7.75. The van der Waals surface area contributed by atoms with Gasteiger partial charge >= 0.3 is 0 Å². The van der Waals surface area contributed by atoms with Gasteiger partial charge in [0, 0.05) is 17.5 Å². The molecule has 1 atom stereocenters. The number of nitrogens with one attached hydrogen (secondary N) is 1. The minimum Gasteiger partial charge on any atom is -0.305 e. The van der Waals surface area contributed by atoms with Crippen LogP contribution in [0.2, 0.25) is 0 Å². The summed E-state index contributed by atoms with van der Waals surface area (Å²) in [6, 6.07) is 11.0. The molecule has 0 saturated heterocycles. The van der Waals surface area contributed by atoms with E-state index in [4.69, 9.17) is 0 Å². The lowest BCUT2D eigenvalue weighted by Crippen LogP contribution is -2.17. The van der Waals surface area contributed by atoms with Crippen molar-refractivity contribution < 1.29 is 4.39 Å². The second-order valence-corrected chi connectivity index (χ2v) is 4.77. The Balaban J connectivity index is 1.93. The summed E-state index contributed by atoms with van der Waals surface area (Å²) in [6.45, 7) is 2.94. The van der Waals surface area contributed by atoms with E-state index >= 15 is 0 Å². The predicted octanol–water partition coefficient (Wildman–Crippen LogP) is 3.74. The number of hydrogen-bond acceptors (Lipinski definition) is 2. The first-order valence-corrected chi connectivity index (χ1v) is 6.15. The average Bonchev–Trinajstić information content (AvgIpc) is 2.80. The van der Waals surface area contributed by atoms with Gasteiger partial charge in [0.15, 0.2) is 0 Å². The standard InChI is InChI=1S/C13H14FNS/c1-10(11-4-6-12(14)7-5-11)15-9-13-3-2-8-16-13/h2-8,10,15H,9H2,1H3. The Labute approximate surface area is 98.9 Å². The summed E-state index contributed by atoms with van der Waals surface area (Å²) in [5.41, 5.74) is 1.11. The van der Waals surface area contributed by atoms with Crippen LogP contribution in [0.3, 0.4) is 0 Å². The van der Waals surface area contributed by atoms with E-state index in [0.717, 1.165) is 12.1 Å². The lowest BCUT2D eigenvalue weighted by Gasteiger charge is -2.13. The molecular weight excluding hydrogens is 221 g/mol. The van der Waals surface area contributed by atoms with Crippen LogP contribution >= 0.6 is 11.3 Å². The molecule has 0 fully saturated rings. The van der Waals surface area contributed by atoms with Crippen LogP contribution in [0, 0.1) is 5.82 Å². The van der Waals surface area contributed by atoms with E-state index in [-0.39, 0.29) is 11.9 Å². The number of benzene rings is 1. The third-order valence-electron chi connectivity index (χ3n) is 2.53. The normalized spacial score (nSPS) is 12.6. The Morgan fingerprint density at radius 3 is 2.62 bits per heavy atom. The van der Waals surface area contributed by atoms with Crippen LogP contribution in [0.5, 0.6) is 0 Å². The Bertz CT molecular complexity index is 422. The monoisotopic (exact) mass is 235 g/mol. The summed E-state index contributed by atoms with van der Waals surface area (Å²) < 4.78 is 12.7. The second kappa shape index (κ2) is 5.23. The van der Waals surface area contributed by atoms with E-state index in [1.54, 1.807) is 11.3 Å². The third kappa shape index (κ3) is 2.90. The lowest BCUT2D eigenvalue weighted by atomic mass is 10.1. The highest BCUT2D eigenvalue weighted by Gasteiger charge is 2.04. The fourth-order valence-electron chi connectivity index (χ4n) is 1.54. The van der Waals surface area contributed by atoms with Gasteiger partial charge in [0.05, 0.1) is 0 Å². The van der Waals surface area contributed by atoms with Gasteiger partial charge in [-0.15, -0.1) is 11.3 Å². The molecule has 0 aliphatic heterocycles. The molecule has 1 aromatic carbocycles. The molecule has 1 heterocycles. The van der Waals surface area contributed by atoms with Crippen molar-refractivity contribution in [1.29, 1.82) is 0 Å². The summed E-state index contributed by atoms with van der Waals surface area (Å²) in [7, 11) is 0. The van der Waals surface area contributed by atoms with E-state index in [9.17, 15) is 4.39 Å². The van der Waals surface area contributed by atoms with E-state index in [1.165, 1.54) is 17.0 Å². The van der Waals surface area contributed by atoms with Crippen molar-refractivity contribution in [3.63, 3.8) is 0 Å². The fourth-order valence-corrected chi connectivity index (χ4v) is 2.19. The zero-order chi connectivity index (χ0) is 11.4. The number of rotatable bonds is 4. The predicted molar refractivity (Wildman–Crippen MR) is 66.0 cm³/mol. The maximum absolute atomic E-state index is 12.7. The van der Waals surface area contributed by atoms with Crippen molar-refractivity contribution in [3.8, 4) is 0 Å². The lowest BCUT2D eigenvalue weighted by molar-refractivity contribution is 0.575. The van der Waals surface area contributed by atoms with E-state index < -0.39 is 0 Å². The van der Waals surface area contributed by atoms with Crippen molar-refractivity contribution in [2.24, 2.45) is 0 Å². The van der Waals surface area contributed by atoms with Gasteiger partial charge in [-0.25, -0.2) is 4.39 Å². The summed E-state index contributed by atoms with van der Waals surface area (Å²) in [4.78, 5) is 1.31. The molecule has 1 nitrogen and oxygen atoms in total. The number of hydrogen-bond donors (Lipinski definition) is 1. The SMILES string of the molecule is CC(NCc1cccs1)c1ccc(F)cc1. The minimum absolute atomic E-state index is 0.186. The van der Waals surface area contributed by atoms with Gasteiger partial charge < -0.3 is 5.32 Å². The van der Waals surface area contributed by atoms with Crippen LogP contribution in [-0.4, -0.2) is 0 Å². The maximum atomic E-state index is 12.7. The minimum atomic E-state index is -0.186. The molecule has 0 radical (unpaired) electrons. The molecule has 1 unspecified atom stereocenters. The fraction of sp³-hybridized carbons (Fsp3) is 0.231. The van der Waals surface area contributed by atoms with Gasteiger partial charge in [0.1, 0.15) is 5.82 Å². The topological polar surface area (TPSA) is 12.0 Å². The second-order valence-electron chi connectivity index (χ2n) is 3.73. The smallest absolute Gasteiger partial charge is 0.123 e. The molecule has 2 aromatic rings. The number of thiophene rings is 1. The molecule has 0 amide bonds. The Morgan fingerprint density at radius 2 is 2.00 bits per heavy atom. The molecule has 3 heteroatoms. The van der Waals surface area contributed by atoms with Crippen molar-refractivity contribution in [2.45, 2.75) is 19.5 Å². The highest BCUT2D eigenvalue weighted by atomic mass is 32.1. The molecule has 0 aliphatic carbocycles. The molecule has 84 valence electrons. The Kier molecular flexibility index (Phi) is 3.70. The molecule has 0 bridgehead atoms. The Morgan fingerprint density at radius 1 is 1.25 bits per heavy atom. The molecule has 0 spiro atoms. The summed E-state index contributed by atoms with van der Waals surface area (Å²) in [5.74, 6) is -0.186. The van der Waals surface area contributed by atoms with E-state index in [0.29, 0.717) is 0 Å². The van der Waals surface area contributed by atoms with Crippen molar-refractivity contribution in [3.05, 3.63) is 58.0 Å². The van der Waals surface area contributed by atoms with Crippen LogP contribution in [-0.2, 0) is 6.54 Å². The molecular formula is C13H14FNS. The molecule has 0 aliphatic rings. The summed E-state index contributed by atoms with van der Waals surface area (Å²) >= 11 is 1.74. The molecule has 2 rings (SSSR count). The number of halogens is 1. The van der Waals surface area contributed by atoms with Gasteiger partial charge in [0.25, 0.3) is 0 Å². The summed E-state index contributed by atoms with van der Waals surface area (Å²) in [5, 5.41) is 5.48. The van der Waals surface area contributed by atoms with Gasteiger partial charge in [-0.1, -0.05) is 18.2 Å².